The standard InChI is InChI=1S/C26H37N3O4S/c1-4-5-13-27-24(32)22-26-12-11-19(34-26)20(23(31)28-14-17-9-7-6-8-10-17)21(26)25(33)29(22)18(15-30)16(2)3/h6-10,16,18-22,30H,4-5,11-15H2,1-3H3,(H,27,32)(H,28,31)/t18-,19+,20-,21-,22?,26?/m0/s1. The molecule has 34 heavy (non-hydrogen) atoms. The molecule has 3 N–H and O–H groups in total. The summed E-state index contributed by atoms with van der Waals surface area (Å²) < 4.78 is -0.616. The van der Waals surface area contributed by atoms with Crippen molar-refractivity contribution in [2.45, 2.75) is 75.1 Å². The Morgan fingerprint density at radius 2 is 1.94 bits per heavy atom. The van der Waals surface area contributed by atoms with Crippen molar-refractivity contribution in [3.8, 4) is 0 Å². The number of fused-ring (bicyclic) bond motifs is 1. The van der Waals surface area contributed by atoms with Crippen molar-refractivity contribution in [2.75, 3.05) is 13.2 Å². The minimum absolute atomic E-state index is 0.0114. The normalized spacial score (nSPS) is 30.5. The van der Waals surface area contributed by atoms with Crippen molar-refractivity contribution in [3.05, 3.63) is 35.9 Å². The second-order valence-electron chi connectivity index (χ2n) is 10.1. The third-order valence-electron chi connectivity index (χ3n) is 7.74. The number of unbranched alkanes of at least 4 members (excludes halogenated alkanes) is 1. The molecule has 3 aliphatic heterocycles. The number of nitrogens with one attached hydrogen (secondary N) is 2. The first-order valence-electron chi connectivity index (χ1n) is 12.6. The second kappa shape index (κ2) is 10.3. The number of thioether (sulfide) groups is 1. The third-order valence-corrected chi connectivity index (χ3v) is 9.69. The molecule has 3 heterocycles. The van der Waals surface area contributed by atoms with Gasteiger partial charge in [0.1, 0.15) is 6.04 Å². The lowest BCUT2D eigenvalue weighted by Crippen LogP contribution is -2.57. The number of carbonyl (C=O) groups is 3. The van der Waals surface area contributed by atoms with Crippen LogP contribution < -0.4 is 10.6 Å². The fourth-order valence-electron chi connectivity index (χ4n) is 6.06. The summed E-state index contributed by atoms with van der Waals surface area (Å²) in [7, 11) is 0. The minimum atomic E-state index is -0.664. The van der Waals surface area contributed by atoms with E-state index >= 15 is 0 Å². The van der Waals surface area contributed by atoms with Gasteiger partial charge in [-0.05, 0) is 30.7 Å². The highest BCUT2D eigenvalue weighted by Gasteiger charge is 2.74. The van der Waals surface area contributed by atoms with Crippen LogP contribution in [0.4, 0.5) is 0 Å². The number of carbonyl (C=O) groups excluding carboxylic acids is 3. The van der Waals surface area contributed by atoms with E-state index in [0.717, 1.165) is 31.2 Å². The van der Waals surface area contributed by atoms with E-state index in [2.05, 4.69) is 17.6 Å². The van der Waals surface area contributed by atoms with Crippen molar-refractivity contribution in [1.82, 2.24) is 15.5 Å². The van der Waals surface area contributed by atoms with Crippen LogP contribution >= 0.6 is 11.8 Å². The van der Waals surface area contributed by atoms with Crippen LogP contribution in [0.2, 0.25) is 0 Å². The lowest BCUT2D eigenvalue weighted by Gasteiger charge is -2.38. The number of aliphatic hydroxyl groups is 1. The summed E-state index contributed by atoms with van der Waals surface area (Å²) in [5.41, 5.74) is 1.01. The van der Waals surface area contributed by atoms with Crippen molar-refractivity contribution in [1.29, 1.82) is 0 Å². The van der Waals surface area contributed by atoms with Crippen LogP contribution in [0, 0.1) is 17.8 Å². The largest absolute Gasteiger partial charge is 0.394 e. The number of hydrogen-bond donors (Lipinski definition) is 3. The van der Waals surface area contributed by atoms with Crippen LogP contribution in [-0.4, -0.2) is 63.0 Å². The zero-order valence-electron chi connectivity index (χ0n) is 20.3. The predicted octanol–water partition coefficient (Wildman–Crippen LogP) is 2.33. The highest BCUT2D eigenvalue weighted by atomic mass is 32.2. The van der Waals surface area contributed by atoms with Gasteiger partial charge in [0.25, 0.3) is 0 Å². The van der Waals surface area contributed by atoms with Gasteiger partial charge in [0.2, 0.25) is 17.7 Å². The van der Waals surface area contributed by atoms with E-state index in [1.54, 1.807) is 16.7 Å². The van der Waals surface area contributed by atoms with Crippen LogP contribution in [0.25, 0.3) is 0 Å². The summed E-state index contributed by atoms with van der Waals surface area (Å²) in [6.45, 7) is 6.76. The molecular weight excluding hydrogens is 450 g/mol. The highest BCUT2D eigenvalue weighted by molar-refractivity contribution is 8.02. The molecule has 1 aromatic rings. The molecule has 3 amide bonds. The third kappa shape index (κ3) is 4.24. The Morgan fingerprint density at radius 3 is 2.59 bits per heavy atom. The van der Waals surface area contributed by atoms with E-state index in [1.807, 2.05) is 44.2 Å². The van der Waals surface area contributed by atoms with E-state index in [4.69, 9.17) is 0 Å². The molecule has 0 aromatic heterocycles. The van der Waals surface area contributed by atoms with Gasteiger partial charge in [0, 0.05) is 18.3 Å². The Labute approximate surface area is 206 Å². The van der Waals surface area contributed by atoms with E-state index < -0.39 is 28.7 Å². The number of hydrogen-bond acceptors (Lipinski definition) is 5. The van der Waals surface area contributed by atoms with Crippen LogP contribution in [0.3, 0.4) is 0 Å². The van der Waals surface area contributed by atoms with Gasteiger partial charge in [0.15, 0.2) is 0 Å². The van der Waals surface area contributed by atoms with Gasteiger partial charge >= 0.3 is 0 Å². The Morgan fingerprint density at radius 1 is 1.21 bits per heavy atom. The van der Waals surface area contributed by atoms with Crippen LogP contribution in [0.1, 0.15) is 52.0 Å². The molecule has 3 aliphatic rings. The molecule has 2 bridgehead atoms. The highest BCUT2D eigenvalue weighted by Crippen LogP contribution is 2.66. The number of aliphatic hydroxyl groups excluding tert-OH is 1. The van der Waals surface area contributed by atoms with Gasteiger partial charge < -0.3 is 20.6 Å². The molecule has 186 valence electrons. The lowest BCUT2D eigenvalue weighted by molar-refractivity contribution is -0.143. The molecule has 8 heteroatoms. The van der Waals surface area contributed by atoms with Crippen molar-refractivity contribution in [2.24, 2.45) is 17.8 Å². The average Bonchev–Trinajstić information content (AvgIpc) is 3.46. The molecular formula is C26H37N3O4S. The Bertz CT molecular complexity index is 911. The van der Waals surface area contributed by atoms with E-state index in [9.17, 15) is 19.5 Å². The van der Waals surface area contributed by atoms with E-state index in [1.165, 1.54) is 0 Å². The molecule has 6 atom stereocenters. The summed E-state index contributed by atoms with van der Waals surface area (Å²) in [6, 6.07) is 8.61. The molecule has 0 saturated carbocycles. The number of likely N-dealkylation sites (tertiary alicyclic amines) is 1. The van der Waals surface area contributed by atoms with Crippen LogP contribution in [-0.2, 0) is 20.9 Å². The Balaban J connectivity index is 1.63. The Hall–Kier alpha value is -2.06. The summed E-state index contributed by atoms with van der Waals surface area (Å²) in [4.78, 5) is 42.5. The summed E-state index contributed by atoms with van der Waals surface area (Å²) in [5, 5.41) is 16.3. The molecule has 0 radical (unpaired) electrons. The first-order chi connectivity index (χ1) is 16.4. The van der Waals surface area contributed by atoms with Crippen molar-refractivity contribution < 1.29 is 19.5 Å². The molecule has 7 nitrogen and oxygen atoms in total. The zero-order valence-corrected chi connectivity index (χ0v) is 21.1. The second-order valence-corrected chi connectivity index (χ2v) is 11.7. The van der Waals surface area contributed by atoms with Crippen LogP contribution in [0.5, 0.6) is 0 Å². The maximum atomic E-state index is 14.0. The quantitative estimate of drug-likeness (QED) is 0.440. The van der Waals surface area contributed by atoms with Gasteiger partial charge in [-0.2, -0.15) is 0 Å². The molecule has 4 rings (SSSR count). The molecule has 3 saturated heterocycles. The number of rotatable bonds is 10. The molecule has 0 aliphatic carbocycles. The number of benzene rings is 1. The van der Waals surface area contributed by atoms with Crippen LogP contribution in [0.15, 0.2) is 30.3 Å². The van der Waals surface area contributed by atoms with Gasteiger partial charge in [-0.25, -0.2) is 0 Å². The van der Waals surface area contributed by atoms with Crippen molar-refractivity contribution in [3.63, 3.8) is 0 Å². The van der Waals surface area contributed by atoms with E-state index in [-0.39, 0.29) is 35.5 Å². The minimum Gasteiger partial charge on any atom is -0.394 e. The Kier molecular flexibility index (Phi) is 7.57. The molecule has 1 aromatic carbocycles. The molecule has 3 fully saturated rings. The molecule has 2 unspecified atom stereocenters. The average molecular weight is 488 g/mol. The maximum absolute atomic E-state index is 14.0. The zero-order chi connectivity index (χ0) is 24.5. The SMILES string of the molecule is CCCCNC(=O)C1N([C@@H](CO)C(C)C)C(=O)[C@@H]2[C@@H](C(=O)NCc3ccccc3)[C@H]3CCC12S3. The number of amides is 3. The fraction of sp³-hybridized carbons (Fsp3) is 0.654. The van der Waals surface area contributed by atoms with Gasteiger partial charge in [-0.3, -0.25) is 14.4 Å². The topological polar surface area (TPSA) is 98.7 Å². The van der Waals surface area contributed by atoms with E-state index in [0.29, 0.717) is 13.1 Å². The first-order valence-corrected chi connectivity index (χ1v) is 13.4. The summed E-state index contributed by atoms with van der Waals surface area (Å²) >= 11 is 1.66. The first kappa shape index (κ1) is 25.0. The monoisotopic (exact) mass is 487 g/mol. The maximum Gasteiger partial charge on any atom is 0.244 e. The van der Waals surface area contributed by atoms with Gasteiger partial charge in [0.05, 0.1) is 29.2 Å². The summed E-state index contributed by atoms with van der Waals surface area (Å²) in [6.07, 6.45) is 3.39. The molecule has 1 spiro atoms. The van der Waals surface area contributed by atoms with Crippen molar-refractivity contribution >= 4 is 29.5 Å². The van der Waals surface area contributed by atoms with Gasteiger partial charge in [-0.1, -0.05) is 57.5 Å². The smallest absolute Gasteiger partial charge is 0.244 e. The lowest BCUT2D eigenvalue weighted by atomic mass is 9.70. The number of nitrogens with zero attached hydrogens (tertiary/aromatic N) is 1. The fourth-order valence-corrected chi connectivity index (χ4v) is 8.26. The predicted molar refractivity (Wildman–Crippen MR) is 133 cm³/mol. The van der Waals surface area contributed by atoms with Gasteiger partial charge in [-0.15, -0.1) is 11.8 Å². The summed E-state index contributed by atoms with van der Waals surface area (Å²) in [5.74, 6) is -1.43.